The number of fused-ring (bicyclic) bond motifs is 1. The highest BCUT2D eigenvalue weighted by Gasteiger charge is 2.14. The number of carbonyl (C=O) groups is 2. The number of hydrogen-bond acceptors (Lipinski definition) is 4. The Hall–Kier alpha value is -4.19. The molecule has 0 saturated heterocycles. The number of aromatic amines is 1. The number of hydrogen-bond donors (Lipinski definition) is 3. The topological polar surface area (TPSA) is 100 Å². The van der Waals surface area contributed by atoms with Crippen LogP contribution >= 0.6 is 0 Å². The third-order valence-electron chi connectivity index (χ3n) is 4.44. The fourth-order valence-electron chi connectivity index (χ4n) is 3.20. The fourth-order valence-corrected chi connectivity index (χ4v) is 3.20. The van der Waals surface area contributed by atoms with Gasteiger partial charge in [0, 0.05) is 33.4 Å². The van der Waals surface area contributed by atoms with Crippen molar-refractivity contribution in [2.75, 3.05) is 5.32 Å². The number of amides is 1. The maximum Gasteiger partial charge on any atom is 0.228 e. The Morgan fingerprint density at radius 3 is 2.67 bits per heavy atom. The zero-order valence-electron chi connectivity index (χ0n) is 16.3. The summed E-state index contributed by atoms with van der Waals surface area (Å²) >= 11 is 0. The average molecular weight is 398 g/mol. The lowest BCUT2D eigenvalue weighted by atomic mass is 10.0. The van der Waals surface area contributed by atoms with Gasteiger partial charge in [-0.05, 0) is 23.8 Å². The number of allylic oxidation sites excluding steroid dienone is 4. The molecule has 0 radical (unpaired) electrons. The Kier molecular flexibility index (Phi) is 6.74. The number of H-pyrrole nitrogens is 1. The second-order valence-corrected chi connectivity index (χ2v) is 6.53. The SMILES string of the molecule is C=C/C=C\C=C\c1[nH]c2cc(NC(=O)Cc3ccccc3)cc(C=O)c2c1/C=N\N. The number of anilines is 1. The van der Waals surface area contributed by atoms with Crippen LogP contribution in [0.3, 0.4) is 0 Å². The van der Waals surface area contributed by atoms with Gasteiger partial charge in [-0.3, -0.25) is 9.59 Å². The summed E-state index contributed by atoms with van der Waals surface area (Å²) in [4.78, 5) is 27.5. The summed E-state index contributed by atoms with van der Waals surface area (Å²) in [5.41, 5.74) is 3.99. The van der Waals surface area contributed by atoms with Gasteiger partial charge in [-0.1, -0.05) is 61.2 Å². The predicted molar refractivity (Wildman–Crippen MR) is 123 cm³/mol. The molecule has 6 heteroatoms. The van der Waals surface area contributed by atoms with Gasteiger partial charge in [-0.15, -0.1) is 0 Å². The molecule has 1 heterocycles. The number of aromatic nitrogens is 1. The van der Waals surface area contributed by atoms with Crippen molar-refractivity contribution in [1.29, 1.82) is 0 Å². The molecule has 6 nitrogen and oxygen atoms in total. The maximum atomic E-state index is 12.4. The third-order valence-corrected chi connectivity index (χ3v) is 4.44. The van der Waals surface area contributed by atoms with E-state index in [0.717, 1.165) is 17.5 Å². The van der Waals surface area contributed by atoms with Crippen LogP contribution in [0.4, 0.5) is 5.69 Å². The molecule has 0 spiro atoms. The molecule has 0 fully saturated rings. The number of nitrogens with zero attached hydrogens (tertiary/aromatic N) is 1. The minimum absolute atomic E-state index is 0.164. The quantitative estimate of drug-likeness (QED) is 0.174. The lowest BCUT2D eigenvalue weighted by Gasteiger charge is -2.07. The van der Waals surface area contributed by atoms with E-state index in [1.807, 2.05) is 48.6 Å². The van der Waals surface area contributed by atoms with Gasteiger partial charge in [0.05, 0.1) is 12.6 Å². The molecule has 0 saturated carbocycles. The summed E-state index contributed by atoms with van der Waals surface area (Å²) in [7, 11) is 0. The van der Waals surface area contributed by atoms with Crippen molar-refractivity contribution >= 4 is 41.1 Å². The number of benzene rings is 2. The lowest BCUT2D eigenvalue weighted by molar-refractivity contribution is -0.115. The first-order valence-corrected chi connectivity index (χ1v) is 9.34. The number of rotatable bonds is 8. The zero-order chi connectivity index (χ0) is 21.3. The highest BCUT2D eigenvalue weighted by atomic mass is 16.1. The summed E-state index contributed by atoms with van der Waals surface area (Å²) in [5, 5.41) is 7.18. The molecular formula is C24H22N4O2. The van der Waals surface area contributed by atoms with E-state index in [0.29, 0.717) is 27.7 Å². The molecule has 3 rings (SSSR count). The average Bonchev–Trinajstić information content (AvgIpc) is 3.09. The molecule has 2 aromatic carbocycles. The summed E-state index contributed by atoms with van der Waals surface area (Å²) in [6.07, 6.45) is 11.5. The maximum absolute atomic E-state index is 12.4. The van der Waals surface area contributed by atoms with Crippen molar-refractivity contribution in [3.8, 4) is 0 Å². The highest BCUT2D eigenvalue weighted by molar-refractivity contribution is 6.11. The van der Waals surface area contributed by atoms with Crippen LogP contribution in [0, 0.1) is 0 Å². The van der Waals surface area contributed by atoms with Crippen molar-refractivity contribution in [3.63, 3.8) is 0 Å². The van der Waals surface area contributed by atoms with Crippen LogP contribution < -0.4 is 11.2 Å². The molecule has 30 heavy (non-hydrogen) atoms. The van der Waals surface area contributed by atoms with E-state index in [2.05, 4.69) is 22.0 Å². The number of nitrogens with two attached hydrogens (primary N) is 1. The fraction of sp³-hybridized carbons (Fsp3) is 0.0417. The molecule has 0 unspecified atom stereocenters. The molecule has 150 valence electrons. The van der Waals surface area contributed by atoms with Crippen LogP contribution in [-0.2, 0) is 11.2 Å². The third kappa shape index (κ3) is 4.80. The first kappa shape index (κ1) is 20.5. The summed E-state index contributed by atoms with van der Waals surface area (Å²) in [6.45, 7) is 3.63. The van der Waals surface area contributed by atoms with Crippen LogP contribution in [0.2, 0.25) is 0 Å². The van der Waals surface area contributed by atoms with Crippen molar-refractivity contribution in [2.24, 2.45) is 10.9 Å². The molecule has 3 aromatic rings. The van der Waals surface area contributed by atoms with E-state index in [1.54, 1.807) is 24.3 Å². The molecule has 4 N–H and O–H groups in total. The number of carbonyl (C=O) groups excluding carboxylic acids is 2. The summed E-state index contributed by atoms with van der Waals surface area (Å²) in [5.74, 6) is 5.21. The Morgan fingerprint density at radius 1 is 1.17 bits per heavy atom. The van der Waals surface area contributed by atoms with Gasteiger partial charge in [0.1, 0.15) is 0 Å². The molecule has 1 aromatic heterocycles. The van der Waals surface area contributed by atoms with E-state index in [9.17, 15) is 9.59 Å². The van der Waals surface area contributed by atoms with Crippen molar-refractivity contribution in [1.82, 2.24) is 4.98 Å². The number of nitrogens with one attached hydrogen (secondary N) is 2. The van der Waals surface area contributed by atoms with Gasteiger partial charge in [0.15, 0.2) is 6.29 Å². The van der Waals surface area contributed by atoms with E-state index in [1.165, 1.54) is 6.21 Å². The van der Waals surface area contributed by atoms with Gasteiger partial charge >= 0.3 is 0 Å². The van der Waals surface area contributed by atoms with E-state index in [4.69, 9.17) is 5.84 Å². The van der Waals surface area contributed by atoms with Crippen molar-refractivity contribution in [2.45, 2.75) is 6.42 Å². The molecule has 0 atom stereocenters. The van der Waals surface area contributed by atoms with Crippen LogP contribution in [0.5, 0.6) is 0 Å². The largest absolute Gasteiger partial charge is 0.354 e. The zero-order valence-corrected chi connectivity index (χ0v) is 16.3. The minimum atomic E-state index is -0.164. The van der Waals surface area contributed by atoms with Gasteiger partial charge in [0.2, 0.25) is 5.91 Å². The second-order valence-electron chi connectivity index (χ2n) is 6.53. The normalized spacial score (nSPS) is 11.6. The van der Waals surface area contributed by atoms with Crippen LogP contribution in [-0.4, -0.2) is 23.4 Å². The van der Waals surface area contributed by atoms with Gasteiger partial charge in [0.25, 0.3) is 0 Å². The lowest BCUT2D eigenvalue weighted by Crippen LogP contribution is -2.14. The molecule has 1 amide bonds. The standard InChI is InChI=1S/C24H22N4O2/c1-2-3-4-8-11-21-20(15-26-25)24-18(16-29)13-19(14-22(24)28-21)27-23(30)12-17-9-6-5-7-10-17/h2-11,13-16,28H,1,12,25H2,(H,27,30)/b4-3-,11-8+,26-15-. The van der Waals surface area contributed by atoms with Crippen LogP contribution in [0.1, 0.15) is 27.2 Å². The van der Waals surface area contributed by atoms with Crippen LogP contribution in [0.15, 0.2) is 78.4 Å². The van der Waals surface area contributed by atoms with E-state index >= 15 is 0 Å². The predicted octanol–water partition coefficient (Wildman–Crippen LogP) is 4.21. The number of hydrazone groups is 1. The molecule has 0 aliphatic carbocycles. The Morgan fingerprint density at radius 2 is 1.97 bits per heavy atom. The number of aldehydes is 1. The van der Waals surface area contributed by atoms with Crippen LogP contribution in [0.25, 0.3) is 17.0 Å². The molecule has 0 bridgehead atoms. The second kappa shape index (κ2) is 9.84. The first-order chi connectivity index (χ1) is 14.7. The molecular weight excluding hydrogens is 376 g/mol. The van der Waals surface area contributed by atoms with Gasteiger partial charge < -0.3 is 16.1 Å². The van der Waals surface area contributed by atoms with E-state index in [-0.39, 0.29) is 12.3 Å². The first-order valence-electron chi connectivity index (χ1n) is 9.34. The summed E-state index contributed by atoms with van der Waals surface area (Å²) < 4.78 is 0. The molecule has 0 aliphatic heterocycles. The Labute approximate surface area is 174 Å². The molecule has 0 aliphatic rings. The Balaban J connectivity index is 1.97. The highest BCUT2D eigenvalue weighted by Crippen LogP contribution is 2.28. The minimum Gasteiger partial charge on any atom is -0.354 e. The van der Waals surface area contributed by atoms with Gasteiger partial charge in [-0.2, -0.15) is 5.10 Å². The smallest absolute Gasteiger partial charge is 0.228 e. The van der Waals surface area contributed by atoms with Gasteiger partial charge in [-0.25, -0.2) is 0 Å². The Bertz CT molecular complexity index is 1150. The summed E-state index contributed by atoms with van der Waals surface area (Å²) in [6, 6.07) is 12.9. The van der Waals surface area contributed by atoms with Crippen molar-refractivity contribution < 1.29 is 9.59 Å². The van der Waals surface area contributed by atoms with Crippen molar-refractivity contribution in [3.05, 3.63) is 95.7 Å². The monoisotopic (exact) mass is 398 g/mol. The van der Waals surface area contributed by atoms with E-state index < -0.39 is 0 Å².